The maximum absolute atomic E-state index is 12.8. The molecule has 1 atom stereocenters. The van der Waals surface area contributed by atoms with E-state index in [2.05, 4.69) is 10.2 Å². The average molecular weight is 382 g/mol. The van der Waals surface area contributed by atoms with Crippen molar-refractivity contribution in [1.82, 2.24) is 15.1 Å². The number of hydrogen-bond acceptors (Lipinski definition) is 5. The van der Waals surface area contributed by atoms with Gasteiger partial charge in [0.25, 0.3) is 5.22 Å². The van der Waals surface area contributed by atoms with Crippen molar-refractivity contribution in [2.24, 2.45) is 0 Å². The van der Waals surface area contributed by atoms with E-state index in [4.69, 9.17) is 4.42 Å². The van der Waals surface area contributed by atoms with Crippen molar-refractivity contribution >= 4 is 17.7 Å². The Hall–Kier alpha value is -2.60. The first kappa shape index (κ1) is 19.2. The molecule has 2 aromatic carbocycles. The number of amides is 1. The zero-order valence-electron chi connectivity index (χ0n) is 15.8. The molecule has 1 amide bonds. The number of benzene rings is 2. The fourth-order valence-corrected chi connectivity index (χ4v) is 3.55. The molecule has 3 rings (SSSR count). The predicted octanol–water partition coefficient (Wildman–Crippen LogP) is 4.57. The fraction of sp³-hybridized carbons (Fsp3) is 0.286. The van der Waals surface area contributed by atoms with Crippen molar-refractivity contribution in [3.05, 3.63) is 65.7 Å². The molecule has 0 fully saturated rings. The second-order valence-electron chi connectivity index (χ2n) is 6.29. The van der Waals surface area contributed by atoms with Crippen LogP contribution in [-0.2, 0) is 11.3 Å². The Morgan fingerprint density at radius 3 is 2.52 bits per heavy atom. The summed E-state index contributed by atoms with van der Waals surface area (Å²) in [6.45, 7) is 7.11. The van der Waals surface area contributed by atoms with Crippen molar-refractivity contribution in [2.45, 2.75) is 37.8 Å². The molecule has 27 heavy (non-hydrogen) atoms. The Kier molecular flexibility index (Phi) is 6.29. The monoisotopic (exact) mass is 381 g/mol. The molecular weight excluding hydrogens is 358 g/mol. The molecule has 0 aliphatic heterocycles. The number of aromatic nitrogens is 2. The topological polar surface area (TPSA) is 59.2 Å². The van der Waals surface area contributed by atoms with Gasteiger partial charge in [-0.3, -0.25) is 4.79 Å². The van der Waals surface area contributed by atoms with Crippen LogP contribution in [0.1, 0.15) is 25.0 Å². The highest BCUT2D eigenvalue weighted by Crippen LogP contribution is 2.28. The van der Waals surface area contributed by atoms with E-state index in [1.54, 1.807) is 0 Å². The minimum atomic E-state index is -0.307. The molecule has 6 heteroatoms. The van der Waals surface area contributed by atoms with Crippen molar-refractivity contribution < 1.29 is 9.21 Å². The third-order valence-corrected chi connectivity index (χ3v) is 5.24. The van der Waals surface area contributed by atoms with Gasteiger partial charge in [-0.05, 0) is 38.0 Å². The molecule has 0 bridgehead atoms. The van der Waals surface area contributed by atoms with Crippen LogP contribution in [0.4, 0.5) is 0 Å². The van der Waals surface area contributed by atoms with Crippen LogP contribution in [0.15, 0.2) is 64.2 Å². The van der Waals surface area contributed by atoms with E-state index < -0.39 is 0 Å². The van der Waals surface area contributed by atoms with E-state index in [9.17, 15) is 4.79 Å². The van der Waals surface area contributed by atoms with Crippen LogP contribution < -0.4 is 0 Å². The Bertz CT molecular complexity index is 895. The first-order valence-electron chi connectivity index (χ1n) is 8.97. The average Bonchev–Trinajstić information content (AvgIpc) is 3.15. The minimum Gasteiger partial charge on any atom is -0.411 e. The number of nitrogens with zero attached hydrogens (tertiary/aromatic N) is 3. The normalized spacial score (nSPS) is 12.0. The molecule has 1 heterocycles. The number of aryl methyl sites for hydroxylation is 1. The molecule has 0 aliphatic carbocycles. The summed E-state index contributed by atoms with van der Waals surface area (Å²) in [4.78, 5) is 14.7. The number of thioether (sulfide) groups is 1. The van der Waals surface area contributed by atoms with Gasteiger partial charge in [0.15, 0.2) is 0 Å². The standard InChI is InChI=1S/C21H23N3O2S/c1-4-24(14-17-11-6-5-7-12-17)20(25)16(3)27-21-23-22-19(26-21)18-13-9-8-10-15(18)2/h5-13,16H,4,14H2,1-3H3. The van der Waals surface area contributed by atoms with E-state index in [0.29, 0.717) is 24.2 Å². The number of carbonyl (C=O) groups excluding carboxylic acids is 1. The molecule has 1 unspecified atom stereocenters. The minimum absolute atomic E-state index is 0.0574. The van der Waals surface area contributed by atoms with Crippen LogP contribution in [0, 0.1) is 6.92 Å². The second kappa shape index (κ2) is 8.86. The lowest BCUT2D eigenvalue weighted by atomic mass is 10.1. The molecule has 0 spiro atoms. The van der Waals surface area contributed by atoms with Gasteiger partial charge in [-0.25, -0.2) is 0 Å². The Morgan fingerprint density at radius 1 is 1.11 bits per heavy atom. The lowest BCUT2D eigenvalue weighted by Gasteiger charge is -2.23. The van der Waals surface area contributed by atoms with Crippen molar-refractivity contribution in [1.29, 1.82) is 0 Å². The van der Waals surface area contributed by atoms with Crippen molar-refractivity contribution in [3.8, 4) is 11.5 Å². The van der Waals surface area contributed by atoms with Crippen LogP contribution in [0.2, 0.25) is 0 Å². The van der Waals surface area contributed by atoms with Crippen LogP contribution in [0.3, 0.4) is 0 Å². The van der Waals surface area contributed by atoms with Gasteiger partial charge in [-0.15, -0.1) is 10.2 Å². The summed E-state index contributed by atoms with van der Waals surface area (Å²) in [5.74, 6) is 0.536. The number of rotatable bonds is 7. The van der Waals surface area contributed by atoms with Gasteiger partial charge in [0.1, 0.15) is 0 Å². The zero-order chi connectivity index (χ0) is 19.2. The van der Waals surface area contributed by atoms with Crippen LogP contribution in [0.25, 0.3) is 11.5 Å². The lowest BCUT2D eigenvalue weighted by Crippen LogP contribution is -2.35. The van der Waals surface area contributed by atoms with E-state index in [1.807, 2.05) is 80.3 Å². The zero-order valence-corrected chi connectivity index (χ0v) is 16.6. The molecule has 5 nitrogen and oxygen atoms in total. The molecule has 0 radical (unpaired) electrons. The highest BCUT2D eigenvalue weighted by Gasteiger charge is 2.23. The first-order chi connectivity index (χ1) is 13.1. The lowest BCUT2D eigenvalue weighted by molar-refractivity contribution is -0.130. The highest BCUT2D eigenvalue weighted by atomic mass is 32.2. The third kappa shape index (κ3) is 4.77. The maximum Gasteiger partial charge on any atom is 0.277 e. The molecule has 0 saturated carbocycles. The highest BCUT2D eigenvalue weighted by molar-refractivity contribution is 8.00. The molecular formula is C21H23N3O2S. The Labute approximate surface area is 163 Å². The first-order valence-corrected chi connectivity index (χ1v) is 9.85. The fourth-order valence-electron chi connectivity index (χ4n) is 2.79. The number of carbonyl (C=O) groups is 1. The maximum atomic E-state index is 12.8. The van der Waals surface area contributed by atoms with E-state index in [0.717, 1.165) is 16.7 Å². The van der Waals surface area contributed by atoms with Crippen molar-refractivity contribution in [3.63, 3.8) is 0 Å². The van der Waals surface area contributed by atoms with Gasteiger partial charge in [-0.1, -0.05) is 60.3 Å². The van der Waals surface area contributed by atoms with E-state index in [-0.39, 0.29) is 11.2 Å². The number of hydrogen-bond donors (Lipinski definition) is 0. The molecule has 140 valence electrons. The molecule has 1 aromatic heterocycles. The van der Waals surface area contributed by atoms with Gasteiger partial charge in [0.2, 0.25) is 11.8 Å². The smallest absolute Gasteiger partial charge is 0.277 e. The molecule has 0 aliphatic rings. The summed E-state index contributed by atoms with van der Waals surface area (Å²) in [6, 6.07) is 17.9. The summed E-state index contributed by atoms with van der Waals surface area (Å²) in [5.41, 5.74) is 3.10. The molecule has 0 saturated heterocycles. The Balaban J connectivity index is 1.66. The predicted molar refractivity (Wildman–Crippen MR) is 107 cm³/mol. The summed E-state index contributed by atoms with van der Waals surface area (Å²) in [6.07, 6.45) is 0. The van der Waals surface area contributed by atoms with Gasteiger partial charge in [0.05, 0.1) is 5.25 Å². The van der Waals surface area contributed by atoms with Gasteiger partial charge in [-0.2, -0.15) is 0 Å². The molecule has 3 aromatic rings. The largest absolute Gasteiger partial charge is 0.411 e. The SMILES string of the molecule is CCN(Cc1ccccc1)C(=O)C(C)Sc1nnc(-c2ccccc2C)o1. The van der Waals surface area contributed by atoms with Crippen molar-refractivity contribution in [2.75, 3.05) is 6.54 Å². The molecule has 0 N–H and O–H groups in total. The summed E-state index contributed by atoms with van der Waals surface area (Å²) < 4.78 is 5.77. The van der Waals surface area contributed by atoms with Gasteiger partial charge >= 0.3 is 0 Å². The quantitative estimate of drug-likeness (QED) is 0.561. The third-order valence-electron chi connectivity index (χ3n) is 4.32. The van der Waals surface area contributed by atoms with Gasteiger partial charge < -0.3 is 9.32 Å². The summed E-state index contributed by atoms with van der Waals surface area (Å²) in [7, 11) is 0. The summed E-state index contributed by atoms with van der Waals surface area (Å²) >= 11 is 1.30. The summed E-state index contributed by atoms with van der Waals surface area (Å²) in [5, 5.41) is 8.33. The van der Waals surface area contributed by atoms with Crippen LogP contribution in [-0.4, -0.2) is 32.8 Å². The Morgan fingerprint density at radius 2 is 1.81 bits per heavy atom. The second-order valence-corrected chi connectivity index (χ2v) is 7.58. The van der Waals surface area contributed by atoms with Crippen LogP contribution in [0.5, 0.6) is 0 Å². The van der Waals surface area contributed by atoms with Gasteiger partial charge in [0, 0.05) is 18.7 Å². The van der Waals surface area contributed by atoms with Crippen LogP contribution >= 0.6 is 11.8 Å². The van der Waals surface area contributed by atoms with E-state index in [1.165, 1.54) is 11.8 Å². The van der Waals surface area contributed by atoms with E-state index >= 15 is 0 Å².